The van der Waals surface area contributed by atoms with Gasteiger partial charge in [-0.3, -0.25) is 0 Å². The molecule has 1 aromatic carbocycles. The lowest BCUT2D eigenvalue weighted by Crippen LogP contribution is -2.04. The van der Waals surface area contributed by atoms with Gasteiger partial charge in [0.25, 0.3) is 0 Å². The number of aryl methyl sites for hydroxylation is 1. The quantitative estimate of drug-likeness (QED) is 0.795. The van der Waals surface area contributed by atoms with Crippen LogP contribution in [0.2, 0.25) is 0 Å². The number of nitrogens with zero attached hydrogens (tertiary/aromatic N) is 3. The molecule has 0 spiro atoms. The van der Waals surface area contributed by atoms with E-state index in [0.29, 0.717) is 13.0 Å². The molecule has 2 aromatic heterocycles. The van der Waals surface area contributed by atoms with E-state index in [0.717, 1.165) is 28.3 Å². The second-order valence-corrected chi connectivity index (χ2v) is 4.96. The Morgan fingerprint density at radius 3 is 2.76 bits per heavy atom. The summed E-state index contributed by atoms with van der Waals surface area (Å²) >= 11 is 0. The van der Waals surface area contributed by atoms with E-state index in [1.54, 1.807) is 0 Å². The van der Waals surface area contributed by atoms with Gasteiger partial charge >= 0.3 is 0 Å². The van der Waals surface area contributed by atoms with Gasteiger partial charge in [0.05, 0.1) is 30.4 Å². The van der Waals surface area contributed by atoms with Crippen LogP contribution >= 0.6 is 0 Å². The van der Waals surface area contributed by atoms with Crippen LogP contribution in [0.15, 0.2) is 48.7 Å². The van der Waals surface area contributed by atoms with Crippen LogP contribution in [0.5, 0.6) is 0 Å². The van der Waals surface area contributed by atoms with Gasteiger partial charge in [-0.25, -0.2) is 4.98 Å². The van der Waals surface area contributed by atoms with Crippen LogP contribution in [0.3, 0.4) is 0 Å². The maximum Gasteiger partial charge on any atom is 0.137 e. The standard InChI is InChI=1S/C17H16N4/c1-13-16(21-11-3-2-4-17(21)20-13)12-19-15-7-5-14(6-8-15)9-10-18/h2-8,11,19H,9,12H2,1H3. The van der Waals surface area contributed by atoms with E-state index < -0.39 is 0 Å². The van der Waals surface area contributed by atoms with Gasteiger partial charge in [0.2, 0.25) is 0 Å². The van der Waals surface area contributed by atoms with Crippen LogP contribution in [0.25, 0.3) is 5.65 Å². The lowest BCUT2D eigenvalue weighted by atomic mass is 10.1. The first kappa shape index (κ1) is 13.2. The third kappa shape index (κ3) is 2.72. The average molecular weight is 276 g/mol. The summed E-state index contributed by atoms with van der Waals surface area (Å²) in [5.74, 6) is 0. The molecule has 0 amide bonds. The Bertz CT molecular complexity index is 794. The largest absolute Gasteiger partial charge is 0.379 e. The van der Waals surface area contributed by atoms with Crippen molar-refractivity contribution >= 4 is 11.3 Å². The summed E-state index contributed by atoms with van der Waals surface area (Å²) in [7, 11) is 0. The number of pyridine rings is 1. The van der Waals surface area contributed by atoms with Crippen molar-refractivity contribution in [2.24, 2.45) is 0 Å². The van der Waals surface area contributed by atoms with Gasteiger partial charge in [0.1, 0.15) is 5.65 Å². The smallest absolute Gasteiger partial charge is 0.137 e. The average Bonchev–Trinajstić information content (AvgIpc) is 2.82. The summed E-state index contributed by atoms with van der Waals surface area (Å²) in [6.45, 7) is 2.74. The molecule has 0 aliphatic carbocycles. The second-order valence-electron chi connectivity index (χ2n) is 4.96. The zero-order valence-corrected chi connectivity index (χ0v) is 11.9. The minimum absolute atomic E-state index is 0.451. The SMILES string of the molecule is Cc1nc2ccccn2c1CNc1ccc(CC#N)cc1. The van der Waals surface area contributed by atoms with Gasteiger partial charge in [0, 0.05) is 11.9 Å². The monoisotopic (exact) mass is 276 g/mol. The number of hydrogen-bond acceptors (Lipinski definition) is 3. The zero-order valence-electron chi connectivity index (χ0n) is 11.9. The Kier molecular flexibility index (Phi) is 3.57. The normalized spacial score (nSPS) is 10.5. The molecule has 4 nitrogen and oxygen atoms in total. The number of rotatable bonds is 4. The van der Waals surface area contributed by atoms with Gasteiger partial charge in [-0.15, -0.1) is 0 Å². The Morgan fingerprint density at radius 1 is 1.19 bits per heavy atom. The Hall–Kier alpha value is -2.80. The highest BCUT2D eigenvalue weighted by molar-refractivity contribution is 5.47. The van der Waals surface area contributed by atoms with E-state index in [9.17, 15) is 0 Å². The second kappa shape index (κ2) is 5.68. The number of anilines is 1. The van der Waals surface area contributed by atoms with Crippen molar-refractivity contribution in [3.05, 3.63) is 65.6 Å². The molecule has 0 saturated heterocycles. The minimum atomic E-state index is 0.451. The number of aromatic nitrogens is 2. The molecule has 0 unspecified atom stereocenters. The lowest BCUT2D eigenvalue weighted by molar-refractivity contribution is 0.986. The van der Waals surface area contributed by atoms with Crippen molar-refractivity contribution in [2.75, 3.05) is 5.32 Å². The van der Waals surface area contributed by atoms with Gasteiger partial charge < -0.3 is 9.72 Å². The van der Waals surface area contributed by atoms with E-state index in [4.69, 9.17) is 5.26 Å². The topological polar surface area (TPSA) is 53.1 Å². The van der Waals surface area contributed by atoms with Crippen molar-refractivity contribution in [2.45, 2.75) is 19.9 Å². The summed E-state index contributed by atoms with van der Waals surface area (Å²) < 4.78 is 2.10. The first-order chi connectivity index (χ1) is 10.3. The summed E-state index contributed by atoms with van der Waals surface area (Å²) in [4.78, 5) is 4.55. The highest BCUT2D eigenvalue weighted by Gasteiger charge is 2.07. The summed E-state index contributed by atoms with van der Waals surface area (Å²) in [5, 5.41) is 12.1. The fraction of sp³-hybridized carbons (Fsp3) is 0.176. The fourth-order valence-electron chi connectivity index (χ4n) is 2.39. The van der Waals surface area contributed by atoms with E-state index in [1.807, 2.05) is 55.6 Å². The van der Waals surface area contributed by atoms with E-state index in [2.05, 4.69) is 20.8 Å². The maximum absolute atomic E-state index is 8.67. The number of nitriles is 1. The molecule has 0 atom stereocenters. The summed E-state index contributed by atoms with van der Waals surface area (Å²) in [6, 6.07) is 16.1. The van der Waals surface area contributed by atoms with Crippen LogP contribution in [0.1, 0.15) is 17.0 Å². The first-order valence-electron chi connectivity index (χ1n) is 6.90. The number of hydrogen-bond donors (Lipinski definition) is 1. The molecule has 0 fully saturated rings. The summed E-state index contributed by atoms with van der Waals surface area (Å²) in [6.07, 6.45) is 2.48. The third-order valence-electron chi connectivity index (χ3n) is 3.53. The molecular weight excluding hydrogens is 260 g/mol. The molecule has 21 heavy (non-hydrogen) atoms. The molecule has 3 rings (SSSR count). The molecule has 3 aromatic rings. The van der Waals surface area contributed by atoms with Gasteiger partial charge in [0.15, 0.2) is 0 Å². The molecule has 4 heteroatoms. The Balaban J connectivity index is 1.77. The predicted octanol–water partition coefficient (Wildman–Crippen LogP) is 3.32. The van der Waals surface area contributed by atoms with Crippen molar-refractivity contribution in [1.29, 1.82) is 5.26 Å². The molecule has 0 aliphatic rings. The van der Waals surface area contributed by atoms with E-state index >= 15 is 0 Å². The molecule has 0 bridgehead atoms. The summed E-state index contributed by atoms with van der Waals surface area (Å²) in [5.41, 5.74) is 5.24. The Morgan fingerprint density at radius 2 is 2.00 bits per heavy atom. The van der Waals surface area contributed by atoms with Crippen molar-refractivity contribution in [3.63, 3.8) is 0 Å². The van der Waals surface area contributed by atoms with E-state index in [1.165, 1.54) is 0 Å². The van der Waals surface area contributed by atoms with Crippen molar-refractivity contribution in [3.8, 4) is 6.07 Å². The fourth-order valence-corrected chi connectivity index (χ4v) is 2.39. The van der Waals surface area contributed by atoms with Crippen molar-refractivity contribution < 1.29 is 0 Å². The molecule has 0 radical (unpaired) electrons. The third-order valence-corrected chi connectivity index (χ3v) is 3.53. The van der Waals surface area contributed by atoms with Gasteiger partial charge in [-0.05, 0) is 36.8 Å². The maximum atomic E-state index is 8.67. The molecule has 1 N–H and O–H groups in total. The van der Waals surface area contributed by atoms with Crippen LogP contribution in [-0.2, 0) is 13.0 Å². The number of fused-ring (bicyclic) bond motifs is 1. The van der Waals surface area contributed by atoms with E-state index in [-0.39, 0.29) is 0 Å². The number of nitrogens with one attached hydrogen (secondary N) is 1. The van der Waals surface area contributed by atoms with Gasteiger partial charge in [-0.1, -0.05) is 18.2 Å². The molecule has 2 heterocycles. The van der Waals surface area contributed by atoms with Crippen molar-refractivity contribution in [1.82, 2.24) is 9.38 Å². The molecular formula is C17H16N4. The molecule has 0 saturated carbocycles. The number of imidazole rings is 1. The molecule has 0 aliphatic heterocycles. The van der Waals surface area contributed by atoms with Gasteiger partial charge in [-0.2, -0.15) is 5.26 Å². The number of benzene rings is 1. The predicted molar refractivity (Wildman–Crippen MR) is 83.0 cm³/mol. The Labute approximate surface area is 123 Å². The van der Waals surface area contributed by atoms with Crippen LogP contribution in [-0.4, -0.2) is 9.38 Å². The van der Waals surface area contributed by atoms with Crippen LogP contribution in [0, 0.1) is 18.3 Å². The zero-order chi connectivity index (χ0) is 14.7. The van der Waals surface area contributed by atoms with Crippen LogP contribution < -0.4 is 5.32 Å². The van der Waals surface area contributed by atoms with Crippen LogP contribution in [0.4, 0.5) is 5.69 Å². The lowest BCUT2D eigenvalue weighted by Gasteiger charge is -2.08. The molecule has 104 valence electrons. The minimum Gasteiger partial charge on any atom is -0.379 e. The highest BCUT2D eigenvalue weighted by Crippen LogP contribution is 2.15. The first-order valence-corrected chi connectivity index (χ1v) is 6.90. The highest BCUT2D eigenvalue weighted by atomic mass is 15.0.